The summed E-state index contributed by atoms with van der Waals surface area (Å²) in [6, 6.07) is 0. The van der Waals surface area contributed by atoms with Gasteiger partial charge in [0, 0.05) is 5.54 Å². The molecule has 0 atom stereocenters. The Balaban J connectivity index is 2.15. The van der Waals surface area contributed by atoms with Crippen molar-refractivity contribution in [1.82, 2.24) is 9.97 Å². The molecule has 0 amide bonds. The second kappa shape index (κ2) is 3.49. The minimum Gasteiger partial charge on any atom is -0.464 e. The standard InChI is InChI=1S/C10H13N3O2/c1-10(3-4-10)13-8-6-11-5-7(12-8)9(14)15-2/h5-6H,3-4H2,1-2H3,(H,12,13). The SMILES string of the molecule is COC(=O)c1cncc(NC2(C)CC2)n1. The van der Waals surface area contributed by atoms with E-state index in [0.29, 0.717) is 5.82 Å². The summed E-state index contributed by atoms with van der Waals surface area (Å²) in [5.41, 5.74) is 0.357. The van der Waals surface area contributed by atoms with Gasteiger partial charge in [-0.15, -0.1) is 0 Å². The van der Waals surface area contributed by atoms with Gasteiger partial charge in [-0.05, 0) is 19.8 Å². The zero-order valence-electron chi connectivity index (χ0n) is 8.78. The Bertz CT molecular complexity index is 388. The van der Waals surface area contributed by atoms with Crippen LogP contribution in [0.5, 0.6) is 0 Å². The molecule has 1 aliphatic carbocycles. The second-order valence-electron chi connectivity index (χ2n) is 3.97. The molecule has 2 rings (SSSR count). The lowest BCUT2D eigenvalue weighted by Crippen LogP contribution is -2.18. The van der Waals surface area contributed by atoms with E-state index in [9.17, 15) is 4.79 Å². The monoisotopic (exact) mass is 207 g/mol. The number of carbonyl (C=O) groups is 1. The van der Waals surface area contributed by atoms with Crippen LogP contribution in [0.3, 0.4) is 0 Å². The average Bonchev–Trinajstić information content (AvgIpc) is 2.95. The number of esters is 1. The van der Waals surface area contributed by atoms with Crippen molar-refractivity contribution in [1.29, 1.82) is 0 Å². The van der Waals surface area contributed by atoms with Crippen molar-refractivity contribution in [3.8, 4) is 0 Å². The van der Waals surface area contributed by atoms with E-state index in [0.717, 1.165) is 12.8 Å². The highest BCUT2D eigenvalue weighted by atomic mass is 16.5. The van der Waals surface area contributed by atoms with Crippen LogP contribution in [0.1, 0.15) is 30.3 Å². The normalized spacial score (nSPS) is 16.9. The molecule has 0 radical (unpaired) electrons. The number of nitrogens with one attached hydrogen (secondary N) is 1. The Morgan fingerprint density at radius 2 is 2.27 bits per heavy atom. The predicted octanol–water partition coefficient (Wildman–Crippen LogP) is 1.23. The lowest BCUT2D eigenvalue weighted by molar-refractivity contribution is 0.0593. The zero-order valence-corrected chi connectivity index (χ0v) is 8.78. The van der Waals surface area contributed by atoms with E-state index >= 15 is 0 Å². The number of carbonyl (C=O) groups excluding carboxylic acids is 1. The molecule has 1 aliphatic rings. The summed E-state index contributed by atoms with van der Waals surface area (Å²) in [6.07, 6.45) is 5.25. The van der Waals surface area contributed by atoms with Gasteiger partial charge in [0.2, 0.25) is 0 Å². The molecule has 1 saturated carbocycles. The highest BCUT2D eigenvalue weighted by molar-refractivity contribution is 5.87. The lowest BCUT2D eigenvalue weighted by Gasteiger charge is -2.11. The Morgan fingerprint density at radius 3 is 2.87 bits per heavy atom. The number of anilines is 1. The van der Waals surface area contributed by atoms with Gasteiger partial charge in [0.1, 0.15) is 5.82 Å². The molecule has 1 N–H and O–H groups in total. The third-order valence-electron chi connectivity index (χ3n) is 2.46. The maximum Gasteiger partial charge on any atom is 0.358 e. The topological polar surface area (TPSA) is 64.1 Å². The largest absolute Gasteiger partial charge is 0.464 e. The number of aromatic nitrogens is 2. The molecule has 0 bridgehead atoms. The summed E-state index contributed by atoms with van der Waals surface area (Å²) < 4.78 is 4.57. The van der Waals surface area contributed by atoms with E-state index in [-0.39, 0.29) is 11.2 Å². The summed E-state index contributed by atoms with van der Waals surface area (Å²) in [6.45, 7) is 2.11. The first kappa shape index (κ1) is 9.89. The summed E-state index contributed by atoms with van der Waals surface area (Å²) in [5, 5.41) is 3.23. The first-order valence-electron chi connectivity index (χ1n) is 4.81. The van der Waals surface area contributed by atoms with Gasteiger partial charge in [0.25, 0.3) is 0 Å². The number of rotatable bonds is 3. The summed E-state index contributed by atoms with van der Waals surface area (Å²) in [4.78, 5) is 19.3. The molecule has 5 nitrogen and oxygen atoms in total. The van der Waals surface area contributed by atoms with Gasteiger partial charge in [-0.25, -0.2) is 9.78 Å². The molecule has 0 unspecified atom stereocenters. The quantitative estimate of drug-likeness (QED) is 0.755. The van der Waals surface area contributed by atoms with Gasteiger partial charge in [-0.3, -0.25) is 4.98 Å². The minimum absolute atomic E-state index is 0.128. The first-order chi connectivity index (χ1) is 7.13. The van der Waals surface area contributed by atoms with E-state index < -0.39 is 5.97 Å². The molecule has 1 aromatic rings. The van der Waals surface area contributed by atoms with Gasteiger partial charge in [0.05, 0.1) is 19.5 Å². The fourth-order valence-corrected chi connectivity index (χ4v) is 1.25. The highest BCUT2D eigenvalue weighted by Crippen LogP contribution is 2.37. The Morgan fingerprint density at radius 1 is 1.53 bits per heavy atom. The van der Waals surface area contributed by atoms with Crippen molar-refractivity contribution >= 4 is 11.8 Å². The van der Waals surface area contributed by atoms with Gasteiger partial charge in [0.15, 0.2) is 5.69 Å². The first-order valence-corrected chi connectivity index (χ1v) is 4.81. The smallest absolute Gasteiger partial charge is 0.358 e. The molecule has 0 saturated heterocycles. The third-order valence-corrected chi connectivity index (χ3v) is 2.46. The van der Waals surface area contributed by atoms with Crippen LogP contribution in [0.4, 0.5) is 5.82 Å². The van der Waals surface area contributed by atoms with E-state index in [1.807, 2.05) is 0 Å². The van der Waals surface area contributed by atoms with Crippen LogP contribution in [-0.4, -0.2) is 28.6 Å². The van der Waals surface area contributed by atoms with Gasteiger partial charge < -0.3 is 10.1 Å². The van der Waals surface area contributed by atoms with E-state index in [1.54, 1.807) is 6.20 Å². The molecular weight excluding hydrogens is 194 g/mol. The average molecular weight is 207 g/mol. The van der Waals surface area contributed by atoms with Crippen molar-refractivity contribution in [2.45, 2.75) is 25.3 Å². The van der Waals surface area contributed by atoms with Crippen molar-refractivity contribution in [3.05, 3.63) is 18.1 Å². The zero-order chi connectivity index (χ0) is 10.9. The summed E-state index contributed by atoms with van der Waals surface area (Å²) in [7, 11) is 1.33. The number of methoxy groups -OCH3 is 1. The van der Waals surface area contributed by atoms with Crippen molar-refractivity contribution in [3.63, 3.8) is 0 Å². The number of hydrogen-bond donors (Lipinski definition) is 1. The van der Waals surface area contributed by atoms with Crippen LogP contribution in [0, 0.1) is 0 Å². The number of hydrogen-bond acceptors (Lipinski definition) is 5. The van der Waals surface area contributed by atoms with Crippen LogP contribution in [0.15, 0.2) is 12.4 Å². The molecule has 0 aliphatic heterocycles. The lowest BCUT2D eigenvalue weighted by atomic mass is 10.3. The second-order valence-corrected chi connectivity index (χ2v) is 3.97. The van der Waals surface area contributed by atoms with Crippen LogP contribution in [-0.2, 0) is 4.74 Å². The third kappa shape index (κ3) is 2.23. The van der Waals surface area contributed by atoms with E-state index in [4.69, 9.17) is 0 Å². The van der Waals surface area contributed by atoms with Crippen LogP contribution >= 0.6 is 0 Å². The molecule has 15 heavy (non-hydrogen) atoms. The highest BCUT2D eigenvalue weighted by Gasteiger charge is 2.37. The van der Waals surface area contributed by atoms with Crippen molar-refractivity contribution in [2.24, 2.45) is 0 Å². The maximum atomic E-state index is 11.2. The molecule has 5 heteroatoms. The van der Waals surface area contributed by atoms with Gasteiger partial charge in [-0.2, -0.15) is 0 Å². The molecule has 80 valence electrons. The molecular formula is C10H13N3O2. The molecule has 1 fully saturated rings. The van der Waals surface area contributed by atoms with Gasteiger partial charge >= 0.3 is 5.97 Å². The van der Waals surface area contributed by atoms with Crippen molar-refractivity contribution in [2.75, 3.05) is 12.4 Å². The molecule has 1 heterocycles. The summed E-state index contributed by atoms with van der Waals surface area (Å²) >= 11 is 0. The van der Waals surface area contributed by atoms with Crippen LogP contribution < -0.4 is 5.32 Å². The molecule has 1 aromatic heterocycles. The van der Waals surface area contributed by atoms with E-state index in [1.165, 1.54) is 13.3 Å². The molecule has 0 spiro atoms. The fourth-order valence-electron chi connectivity index (χ4n) is 1.25. The maximum absolute atomic E-state index is 11.2. The van der Waals surface area contributed by atoms with Gasteiger partial charge in [-0.1, -0.05) is 0 Å². The predicted molar refractivity (Wildman–Crippen MR) is 54.6 cm³/mol. The molecule has 0 aromatic carbocycles. The Hall–Kier alpha value is -1.65. The minimum atomic E-state index is -0.466. The van der Waals surface area contributed by atoms with Crippen LogP contribution in [0.25, 0.3) is 0 Å². The summed E-state index contributed by atoms with van der Waals surface area (Å²) in [5.74, 6) is 0.157. The van der Waals surface area contributed by atoms with Crippen molar-refractivity contribution < 1.29 is 9.53 Å². The van der Waals surface area contributed by atoms with Crippen LogP contribution in [0.2, 0.25) is 0 Å². The van der Waals surface area contributed by atoms with E-state index in [2.05, 4.69) is 26.9 Å². The number of ether oxygens (including phenoxy) is 1. The Labute approximate surface area is 87.9 Å². The number of nitrogens with zero attached hydrogens (tertiary/aromatic N) is 2. The Kier molecular flexibility index (Phi) is 2.30. The fraction of sp³-hybridized carbons (Fsp3) is 0.500.